The van der Waals surface area contributed by atoms with Gasteiger partial charge >= 0.3 is 5.69 Å². The highest BCUT2D eigenvalue weighted by atomic mass is 127. The van der Waals surface area contributed by atoms with Gasteiger partial charge in [0, 0.05) is 27.0 Å². The van der Waals surface area contributed by atoms with Crippen molar-refractivity contribution in [2.24, 2.45) is 7.05 Å². The minimum Gasteiger partial charge on any atom is -0.296 e. The molecular weight excluding hydrogens is 435 g/mol. The van der Waals surface area contributed by atoms with Gasteiger partial charge in [0.1, 0.15) is 0 Å². The van der Waals surface area contributed by atoms with E-state index in [-0.39, 0.29) is 5.69 Å². The first-order valence-corrected chi connectivity index (χ1v) is 9.51. The molecule has 0 aliphatic rings. The lowest BCUT2D eigenvalue weighted by atomic mass is 10.0. The Bertz CT molecular complexity index is 1360. The van der Waals surface area contributed by atoms with Gasteiger partial charge in [-0.3, -0.25) is 8.97 Å². The molecule has 0 spiro atoms. The molecule has 0 saturated carbocycles. The summed E-state index contributed by atoms with van der Waals surface area (Å²) in [5.74, 6) is 0. The number of fused-ring (bicyclic) bond motifs is 5. The third-order valence-electron chi connectivity index (χ3n) is 4.99. The van der Waals surface area contributed by atoms with Crippen molar-refractivity contribution in [1.29, 1.82) is 0 Å². The molecule has 4 heteroatoms. The molecule has 126 valence electrons. The largest absolute Gasteiger partial charge is 0.333 e. The molecule has 0 N–H and O–H groups in total. The van der Waals surface area contributed by atoms with Crippen LogP contribution in [0.5, 0.6) is 0 Å². The second-order valence-electron chi connectivity index (χ2n) is 6.45. The van der Waals surface area contributed by atoms with E-state index in [1.54, 1.807) is 4.57 Å². The van der Waals surface area contributed by atoms with Crippen molar-refractivity contribution >= 4 is 49.9 Å². The number of rotatable bonds is 1. The Morgan fingerprint density at radius 3 is 2.35 bits per heavy atom. The number of nitrogens with zero attached hydrogens (tertiary/aromatic N) is 2. The number of hydrogen-bond donors (Lipinski definition) is 0. The van der Waals surface area contributed by atoms with Gasteiger partial charge in [-0.15, -0.1) is 0 Å². The number of aryl methyl sites for hydroxylation is 1. The smallest absolute Gasteiger partial charge is 0.296 e. The fraction of sp³-hybridized carbons (Fsp3) is 0.0455. The summed E-state index contributed by atoms with van der Waals surface area (Å²) in [6.45, 7) is 0. The predicted molar refractivity (Wildman–Crippen MR) is 116 cm³/mol. The van der Waals surface area contributed by atoms with Gasteiger partial charge in [-0.25, -0.2) is 4.79 Å². The van der Waals surface area contributed by atoms with Gasteiger partial charge in [-0.2, -0.15) is 0 Å². The zero-order valence-electron chi connectivity index (χ0n) is 14.1. The number of para-hydroxylation sites is 1. The number of benzene rings is 3. The molecule has 26 heavy (non-hydrogen) atoms. The van der Waals surface area contributed by atoms with Crippen molar-refractivity contribution in [2.45, 2.75) is 0 Å². The molecule has 0 bridgehead atoms. The Hall–Kier alpha value is -2.60. The van der Waals surface area contributed by atoms with Gasteiger partial charge in [-0.05, 0) is 52.4 Å². The highest BCUT2D eigenvalue weighted by Gasteiger charge is 2.19. The Labute approximate surface area is 163 Å². The molecule has 5 rings (SSSR count). The molecule has 3 nitrogen and oxygen atoms in total. The lowest BCUT2D eigenvalue weighted by Crippen LogP contribution is -2.24. The van der Waals surface area contributed by atoms with E-state index >= 15 is 0 Å². The second-order valence-corrected chi connectivity index (χ2v) is 7.69. The lowest BCUT2D eigenvalue weighted by molar-refractivity contribution is 0.838. The molecule has 0 atom stereocenters. The first-order chi connectivity index (χ1) is 12.7. The van der Waals surface area contributed by atoms with Gasteiger partial charge in [0.15, 0.2) is 0 Å². The van der Waals surface area contributed by atoms with Gasteiger partial charge in [0.05, 0.1) is 16.6 Å². The molecule has 0 fully saturated rings. The molecule has 0 radical (unpaired) electrons. The summed E-state index contributed by atoms with van der Waals surface area (Å²) in [7, 11) is 1.84. The van der Waals surface area contributed by atoms with Crippen LogP contribution in [0.2, 0.25) is 0 Å². The fourth-order valence-electron chi connectivity index (χ4n) is 3.83. The van der Waals surface area contributed by atoms with Crippen LogP contribution < -0.4 is 5.69 Å². The van der Waals surface area contributed by atoms with Crippen LogP contribution >= 0.6 is 22.6 Å². The van der Waals surface area contributed by atoms with E-state index in [9.17, 15) is 4.79 Å². The maximum atomic E-state index is 13.2. The highest BCUT2D eigenvalue weighted by molar-refractivity contribution is 14.1. The second kappa shape index (κ2) is 5.71. The van der Waals surface area contributed by atoms with Crippen LogP contribution in [0.4, 0.5) is 0 Å². The van der Waals surface area contributed by atoms with E-state index < -0.39 is 0 Å². The monoisotopic (exact) mass is 450 g/mol. The van der Waals surface area contributed by atoms with Crippen LogP contribution in [-0.2, 0) is 7.05 Å². The van der Waals surface area contributed by atoms with Crippen LogP contribution in [0.15, 0.2) is 77.6 Å². The third-order valence-corrected chi connectivity index (χ3v) is 5.66. The lowest BCUT2D eigenvalue weighted by Gasteiger charge is -2.09. The van der Waals surface area contributed by atoms with Crippen molar-refractivity contribution in [3.05, 3.63) is 86.9 Å². The van der Waals surface area contributed by atoms with Gasteiger partial charge in [-0.1, -0.05) is 48.5 Å². The molecule has 2 heterocycles. The third kappa shape index (κ3) is 2.08. The van der Waals surface area contributed by atoms with Crippen LogP contribution in [0, 0.1) is 3.57 Å². The Morgan fingerprint density at radius 1 is 0.808 bits per heavy atom. The average molecular weight is 450 g/mol. The summed E-state index contributed by atoms with van der Waals surface area (Å²) in [5.41, 5.74) is 5.10. The molecule has 0 saturated heterocycles. The summed E-state index contributed by atoms with van der Waals surface area (Å²) in [6.07, 6.45) is 0. The highest BCUT2D eigenvalue weighted by Crippen LogP contribution is 2.38. The van der Waals surface area contributed by atoms with Gasteiger partial charge in [0.2, 0.25) is 0 Å². The Morgan fingerprint density at radius 2 is 1.54 bits per heavy atom. The van der Waals surface area contributed by atoms with E-state index in [0.29, 0.717) is 0 Å². The Kier molecular flexibility index (Phi) is 3.43. The van der Waals surface area contributed by atoms with E-state index in [4.69, 9.17) is 0 Å². The molecular formula is C22H15IN2O. The van der Waals surface area contributed by atoms with Crippen molar-refractivity contribution in [3.8, 4) is 11.1 Å². The van der Waals surface area contributed by atoms with Gasteiger partial charge in [0.25, 0.3) is 0 Å². The average Bonchev–Trinajstić information content (AvgIpc) is 3.01. The quantitative estimate of drug-likeness (QED) is 0.322. The molecule has 0 unspecified atom stereocenters. The maximum Gasteiger partial charge on any atom is 0.333 e. The van der Waals surface area contributed by atoms with Crippen molar-refractivity contribution in [3.63, 3.8) is 0 Å². The summed E-state index contributed by atoms with van der Waals surface area (Å²) in [6, 6.07) is 24.7. The van der Waals surface area contributed by atoms with Crippen molar-refractivity contribution < 1.29 is 0 Å². The van der Waals surface area contributed by atoms with Crippen LogP contribution in [0.25, 0.3) is 38.4 Å². The summed E-state index contributed by atoms with van der Waals surface area (Å²) in [5, 5.41) is 2.19. The van der Waals surface area contributed by atoms with Crippen molar-refractivity contribution in [2.75, 3.05) is 0 Å². The first-order valence-electron chi connectivity index (χ1n) is 8.43. The normalized spacial score (nSPS) is 11.6. The van der Waals surface area contributed by atoms with Gasteiger partial charge < -0.3 is 0 Å². The SMILES string of the molecule is Cn1c(=O)n2c3ccc(I)cc3c(-c3ccccc3)c2c2ccccc21. The standard InChI is InChI=1S/C22H15IN2O/c1-24-18-10-6-5-9-16(18)21-20(14-7-3-2-4-8-14)17-13-15(23)11-12-19(17)25(21)22(24)26/h2-13H,1H3. The van der Waals surface area contributed by atoms with Crippen LogP contribution in [0.3, 0.4) is 0 Å². The topological polar surface area (TPSA) is 26.4 Å². The molecule has 0 aliphatic heterocycles. The molecule has 0 aliphatic carbocycles. The summed E-state index contributed by atoms with van der Waals surface area (Å²) < 4.78 is 4.74. The zero-order valence-corrected chi connectivity index (χ0v) is 16.3. The molecule has 3 aromatic carbocycles. The van der Waals surface area contributed by atoms with E-state index in [2.05, 4.69) is 52.9 Å². The number of aromatic nitrogens is 2. The first kappa shape index (κ1) is 15.6. The minimum atomic E-state index is -0.0212. The van der Waals surface area contributed by atoms with E-state index in [0.717, 1.165) is 42.0 Å². The minimum absolute atomic E-state index is 0.0212. The molecule has 5 aromatic rings. The molecule has 2 aromatic heterocycles. The summed E-state index contributed by atoms with van der Waals surface area (Å²) >= 11 is 2.33. The Balaban J connectivity index is 2.18. The van der Waals surface area contributed by atoms with E-state index in [1.807, 2.05) is 53.9 Å². The predicted octanol–water partition coefficient (Wildman–Crippen LogP) is 5.22. The molecule has 0 amide bonds. The number of halogens is 1. The van der Waals surface area contributed by atoms with E-state index in [1.165, 1.54) is 0 Å². The van der Waals surface area contributed by atoms with Crippen LogP contribution in [0.1, 0.15) is 0 Å². The van der Waals surface area contributed by atoms with Crippen LogP contribution in [-0.4, -0.2) is 8.97 Å². The fourth-order valence-corrected chi connectivity index (χ4v) is 4.32. The zero-order chi connectivity index (χ0) is 17.8. The maximum absolute atomic E-state index is 13.2. The van der Waals surface area contributed by atoms with Crippen molar-refractivity contribution in [1.82, 2.24) is 8.97 Å². The summed E-state index contributed by atoms with van der Waals surface area (Å²) in [4.78, 5) is 13.2. The number of hydrogen-bond acceptors (Lipinski definition) is 1.